The van der Waals surface area contributed by atoms with Crippen LogP contribution in [0.4, 0.5) is 0 Å². The summed E-state index contributed by atoms with van der Waals surface area (Å²) in [6.45, 7) is 1.73. The monoisotopic (exact) mass is 371 g/mol. The van der Waals surface area contributed by atoms with Crippen molar-refractivity contribution in [3.8, 4) is 21.8 Å². The van der Waals surface area contributed by atoms with Crippen LogP contribution in [-0.2, 0) is 11.2 Å². The summed E-state index contributed by atoms with van der Waals surface area (Å²) in [5.74, 6) is -0.543. The first kappa shape index (κ1) is 18.0. The zero-order valence-electron chi connectivity index (χ0n) is 14.1. The first-order valence-electron chi connectivity index (χ1n) is 8.04. The second-order valence-electron chi connectivity index (χ2n) is 5.37. The molecule has 0 saturated carbocycles. The van der Waals surface area contributed by atoms with E-state index in [2.05, 4.69) is 15.0 Å². The number of H-pyrrole nitrogens is 1. The second kappa shape index (κ2) is 8.03. The Hall–Kier alpha value is -2.84. The van der Waals surface area contributed by atoms with E-state index in [1.54, 1.807) is 24.7 Å². The van der Waals surface area contributed by atoms with E-state index in [0.29, 0.717) is 11.4 Å². The van der Waals surface area contributed by atoms with Gasteiger partial charge in [-0.25, -0.2) is 9.78 Å². The fourth-order valence-electron chi connectivity index (χ4n) is 2.48. The minimum atomic E-state index is -0.543. The third-order valence-electron chi connectivity index (χ3n) is 3.69. The Morgan fingerprint density at radius 1 is 1.35 bits per heavy atom. The highest BCUT2D eigenvalue weighted by Crippen LogP contribution is 2.27. The van der Waals surface area contributed by atoms with Crippen molar-refractivity contribution in [2.45, 2.75) is 13.3 Å². The molecule has 2 N–H and O–H groups in total. The highest BCUT2D eigenvalue weighted by molar-refractivity contribution is 7.13. The number of aliphatic hydroxyl groups excluding tert-OH is 1. The molecule has 8 heteroatoms. The first-order valence-corrected chi connectivity index (χ1v) is 8.92. The van der Waals surface area contributed by atoms with Crippen molar-refractivity contribution in [3.05, 3.63) is 57.6 Å². The normalized spacial score (nSPS) is 10.7. The topological polar surface area (TPSA) is 105 Å². The molecule has 0 aliphatic rings. The van der Waals surface area contributed by atoms with E-state index in [0.717, 1.165) is 10.6 Å². The van der Waals surface area contributed by atoms with Crippen molar-refractivity contribution in [1.29, 1.82) is 0 Å². The standard InChI is InChI=1S/C18H17N3O4S/c1-2-25-18(24)13-9-12(16(23)20-14(13)5-8-22)15-10-26-17(21-15)11-3-6-19-7-4-11/h3-4,6-7,9-10,22H,2,5,8H2,1H3,(H,20,23). The summed E-state index contributed by atoms with van der Waals surface area (Å²) in [5, 5.41) is 11.7. The minimum Gasteiger partial charge on any atom is -0.462 e. The summed E-state index contributed by atoms with van der Waals surface area (Å²) >= 11 is 1.40. The molecule has 3 aromatic rings. The van der Waals surface area contributed by atoms with Crippen molar-refractivity contribution < 1.29 is 14.6 Å². The van der Waals surface area contributed by atoms with Crippen LogP contribution in [0.3, 0.4) is 0 Å². The van der Waals surface area contributed by atoms with Crippen LogP contribution in [0.5, 0.6) is 0 Å². The molecule has 0 bridgehead atoms. The van der Waals surface area contributed by atoms with Crippen molar-refractivity contribution in [1.82, 2.24) is 15.0 Å². The highest BCUT2D eigenvalue weighted by Gasteiger charge is 2.18. The number of carbonyl (C=O) groups is 1. The van der Waals surface area contributed by atoms with Gasteiger partial charge in [0, 0.05) is 42.1 Å². The largest absolute Gasteiger partial charge is 0.462 e. The molecule has 7 nitrogen and oxygen atoms in total. The fourth-order valence-corrected chi connectivity index (χ4v) is 3.31. The Morgan fingerprint density at radius 3 is 2.81 bits per heavy atom. The number of nitrogens with one attached hydrogen (secondary N) is 1. The number of pyridine rings is 2. The third kappa shape index (κ3) is 3.71. The lowest BCUT2D eigenvalue weighted by Crippen LogP contribution is -2.19. The quantitative estimate of drug-likeness (QED) is 0.644. The van der Waals surface area contributed by atoms with Crippen LogP contribution in [0.1, 0.15) is 23.0 Å². The van der Waals surface area contributed by atoms with E-state index in [1.807, 2.05) is 12.1 Å². The maximum absolute atomic E-state index is 12.5. The van der Waals surface area contributed by atoms with Gasteiger partial charge in [-0.15, -0.1) is 11.3 Å². The molecule has 0 unspecified atom stereocenters. The molecule has 0 saturated heterocycles. The molecule has 3 rings (SSSR count). The van der Waals surface area contributed by atoms with Crippen LogP contribution < -0.4 is 5.56 Å². The van der Waals surface area contributed by atoms with Gasteiger partial charge in [0.05, 0.1) is 23.4 Å². The van der Waals surface area contributed by atoms with Gasteiger partial charge in [0.1, 0.15) is 5.01 Å². The van der Waals surface area contributed by atoms with E-state index in [9.17, 15) is 14.7 Å². The van der Waals surface area contributed by atoms with Crippen LogP contribution in [-0.4, -0.2) is 39.2 Å². The highest BCUT2D eigenvalue weighted by atomic mass is 32.1. The summed E-state index contributed by atoms with van der Waals surface area (Å²) in [5.41, 5.74) is 1.87. The predicted molar refractivity (Wildman–Crippen MR) is 98.1 cm³/mol. The second-order valence-corrected chi connectivity index (χ2v) is 6.23. The number of rotatable bonds is 6. The van der Waals surface area contributed by atoms with E-state index in [-0.39, 0.29) is 36.3 Å². The maximum atomic E-state index is 12.5. The van der Waals surface area contributed by atoms with Crippen molar-refractivity contribution in [3.63, 3.8) is 0 Å². The van der Waals surface area contributed by atoms with Crippen molar-refractivity contribution in [2.75, 3.05) is 13.2 Å². The zero-order chi connectivity index (χ0) is 18.5. The molecule has 0 amide bonds. The molecule has 0 radical (unpaired) electrons. The summed E-state index contributed by atoms with van der Waals surface area (Å²) < 4.78 is 5.05. The van der Waals surface area contributed by atoms with Gasteiger partial charge in [0.15, 0.2) is 0 Å². The Kier molecular flexibility index (Phi) is 5.55. The summed E-state index contributed by atoms with van der Waals surface area (Å²) in [6, 6.07) is 5.15. The molecular formula is C18H17N3O4S. The number of aliphatic hydroxyl groups is 1. The van der Waals surface area contributed by atoms with E-state index < -0.39 is 5.97 Å². The molecule has 0 aliphatic heterocycles. The summed E-state index contributed by atoms with van der Waals surface area (Å²) in [6.07, 6.45) is 3.50. The molecular weight excluding hydrogens is 354 g/mol. The number of ether oxygens (including phenoxy) is 1. The molecule has 3 heterocycles. The van der Waals surface area contributed by atoms with Gasteiger partial charge in [-0.05, 0) is 25.1 Å². The average Bonchev–Trinajstić information content (AvgIpc) is 3.13. The summed E-state index contributed by atoms with van der Waals surface area (Å²) in [7, 11) is 0. The number of nitrogens with zero attached hydrogens (tertiary/aromatic N) is 2. The van der Waals surface area contributed by atoms with Crippen LogP contribution in [0.2, 0.25) is 0 Å². The molecule has 0 aromatic carbocycles. The molecule has 26 heavy (non-hydrogen) atoms. The van der Waals surface area contributed by atoms with E-state index in [4.69, 9.17) is 4.74 Å². The smallest absolute Gasteiger partial charge is 0.339 e. The van der Waals surface area contributed by atoms with Gasteiger partial charge < -0.3 is 14.8 Å². The first-order chi connectivity index (χ1) is 12.6. The van der Waals surface area contributed by atoms with Gasteiger partial charge in [-0.2, -0.15) is 0 Å². The van der Waals surface area contributed by atoms with Crippen LogP contribution in [0.25, 0.3) is 21.8 Å². The van der Waals surface area contributed by atoms with E-state index >= 15 is 0 Å². The van der Waals surface area contributed by atoms with Crippen LogP contribution in [0, 0.1) is 0 Å². The number of esters is 1. The Bertz CT molecular complexity index is 966. The van der Waals surface area contributed by atoms with Gasteiger partial charge >= 0.3 is 5.97 Å². The van der Waals surface area contributed by atoms with Crippen molar-refractivity contribution in [2.24, 2.45) is 0 Å². The fraction of sp³-hybridized carbons (Fsp3) is 0.222. The molecule has 3 aromatic heterocycles. The Labute approximate surface area is 153 Å². The van der Waals surface area contributed by atoms with Gasteiger partial charge in [-0.1, -0.05) is 0 Å². The number of aromatic amines is 1. The van der Waals surface area contributed by atoms with Gasteiger partial charge in [-0.3, -0.25) is 9.78 Å². The molecule has 134 valence electrons. The lowest BCUT2D eigenvalue weighted by molar-refractivity contribution is 0.0524. The molecule has 0 fully saturated rings. The zero-order valence-corrected chi connectivity index (χ0v) is 14.9. The lowest BCUT2D eigenvalue weighted by atomic mass is 10.1. The lowest BCUT2D eigenvalue weighted by Gasteiger charge is -2.09. The third-order valence-corrected chi connectivity index (χ3v) is 4.58. The number of aromatic nitrogens is 3. The van der Waals surface area contributed by atoms with Gasteiger partial charge in [0.2, 0.25) is 0 Å². The van der Waals surface area contributed by atoms with Crippen LogP contribution in [0.15, 0.2) is 40.8 Å². The molecule has 0 atom stereocenters. The van der Waals surface area contributed by atoms with Gasteiger partial charge in [0.25, 0.3) is 5.56 Å². The van der Waals surface area contributed by atoms with Crippen LogP contribution >= 0.6 is 11.3 Å². The number of hydrogen-bond donors (Lipinski definition) is 2. The average molecular weight is 371 g/mol. The predicted octanol–water partition coefficient (Wildman–Crippen LogP) is 2.27. The number of carbonyl (C=O) groups excluding carboxylic acids is 1. The van der Waals surface area contributed by atoms with Crippen molar-refractivity contribution >= 4 is 17.3 Å². The number of hydrogen-bond acceptors (Lipinski definition) is 7. The molecule has 0 spiro atoms. The van der Waals surface area contributed by atoms with E-state index in [1.165, 1.54) is 17.4 Å². The number of thiazole rings is 1. The summed E-state index contributed by atoms with van der Waals surface area (Å²) in [4.78, 5) is 35.8. The Balaban J connectivity index is 2.05. The SMILES string of the molecule is CCOC(=O)c1cc(-c2csc(-c3ccncc3)n2)c(=O)[nH]c1CCO. The minimum absolute atomic E-state index is 0.156. The Morgan fingerprint density at radius 2 is 2.12 bits per heavy atom. The maximum Gasteiger partial charge on any atom is 0.339 e. The molecule has 0 aliphatic carbocycles.